The number of aryl methyl sites for hydroxylation is 1. The van der Waals surface area contributed by atoms with Crippen LogP contribution in [0, 0.1) is 12.7 Å². The van der Waals surface area contributed by atoms with Crippen molar-refractivity contribution in [2.45, 2.75) is 26.4 Å². The van der Waals surface area contributed by atoms with Crippen LogP contribution in [0.3, 0.4) is 0 Å². The lowest BCUT2D eigenvalue weighted by atomic mass is 10.0. The van der Waals surface area contributed by atoms with Crippen molar-refractivity contribution in [3.63, 3.8) is 0 Å². The summed E-state index contributed by atoms with van der Waals surface area (Å²) in [7, 11) is 0. The first kappa shape index (κ1) is 15.0. The minimum Gasteiger partial charge on any atom is -0.480 e. The van der Waals surface area contributed by atoms with E-state index >= 15 is 0 Å². The predicted molar refractivity (Wildman–Crippen MR) is 81.0 cm³/mol. The van der Waals surface area contributed by atoms with E-state index in [0.29, 0.717) is 23.4 Å². The molecule has 0 radical (unpaired) electrons. The summed E-state index contributed by atoms with van der Waals surface area (Å²) < 4.78 is 18.6. The molecule has 0 spiro atoms. The van der Waals surface area contributed by atoms with E-state index in [2.05, 4.69) is 0 Å². The fraction of sp³-hybridized carbons (Fsp3) is 0.235. The van der Waals surface area contributed by atoms with Crippen molar-refractivity contribution < 1.29 is 13.9 Å². The maximum atomic E-state index is 12.9. The second-order valence-electron chi connectivity index (χ2n) is 4.93. The van der Waals surface area contributed by atoms with Gasteiger partial charge in [-0.1, -0.05) is 13.0 Å². The van der Waals surface area contributed by atoms with E-state index in [4.69, 9.17) is 10.5 Å². The molecule has 1 atom stereocenters. The SMILES string of the molecule is CCC(Oc1ccc(C)cc1N)C(=O)c1ccc(F)cc1. The molecule has 2 aromatic carbocycles. The zero-order chi connectivity index (χ0) is 15.4. The van der Waals surface area contributed by atoms with Crippen molar-refractivity contribution in [2.24, 2.45) is 0 Å². The van der Waals surface area contributed by atoms with Gasteiger partial charge in [-0.3, -0.25) is 4.79 Å². The number of nitrogen functional groups attached to an aromatic ring is 1. The number of nitrogens with two attached hydrogens (primary N) is 1. The molecule has 0 aromatic heterocycles. The average Bonchev–Trinajstić information content (AvgIpc) is 2.47. The van der Waals surface area contributed by atoms with Crippen molar-refractivity contribution in [3.8, 4) is 5.75 Å². The van der Waals surface area contributed by atoms with Crippen LogP contribution in [-0.4, -0.2) is 11.9 Å². The van der Waals surface area contributed by atoms with Gasteiger partial charge in [0.05, 0.1) is 5.69 Å². The van der Waals surface area contributed by atoms with Gasteiger partial charge in [0.1, 0.15) is 11.6 Å². The number of carbonyl (C=O) groups excluding carboxylic acids is 1. The van der Waals surface area contributed by atoms with E-state index in [1.54, 1.807) is 12.1 Å². The topological polar surface area (TPSA) is 52.3 Å². The largest absolute Gasteiger partial charge is 0.480 e. The molecule has 2 N–H and O–H groups in total. The number of ketones is 1. The molecule has 0 bridgehead atoms. The summed E-state index contributed by atoms with van der Waals surface area (Å²) in [5.74, 6) is -0.0660. The summed E-state index contributed by atoms with van der Waals surface area (Å²) in [5, 5.41) is 0. The van der Waals surface area contributed by atoms with Gasteiger partial charge < -0.3 is 10.5 Å². The van der Waals surface area contributed by atoms with Gasteiger partial charge in [-0.25, -0.2) is 4.39 Å². The zero-order valence-electron chi connectivity index (χ0n) is 12.1. The molecule has 110 valence electrons. The lowest BCUT2D eigenvalue weighted by molar-refractivity contribution is 0.0788. The second-order valence-corrected chi connectivity index (χ2v) is 4.93. The van der Waals surface area contributed by atoms with Crippen LogP contribution in [-0.2, 0) is 0 Å². The maximum absolute atomic E-state index is 12.9. The number of rotatable bonds is 5. The smallest absolute Gasteiger partial charge is 0.203 e. The van der Waals surface area contributed by atoms with Gasteiger partial charge in [0, 0.05) is 5.56 Å². The third-order valence-electron chi connectivity index (χ3n) is 3.23. The number of Topliss-reactive ketones (excluding diaryl/α,β-unsaturated/α-hetero) is 1. The van der Waals surface area contributed by atoms with Gasteiger partial charge in [0.2, 0.25) is 5.78 Å². The highest BCUT2D eigenvalue weighted by atomic mass is 19.1. The summed E-state index contributed by atoms with van der Waals surface area (Å²) in [4.78, 5) is 12.4. The molecular formula is C17H18FNO2. The molecule has 21 heavy (non-hydrogen) atoms. The minimum atomic E-state index is -0.638. The van der Waals surface area contributed by atoms with Gasteiger partial charge in [0.25, 0.3) is 0 Å². The Labute approximate surface area is 123 Å². The number of hydrogen-bond donors (Lipinski definition) is 1. The highest BCUT2D eigenvalue weighted by Crippen LogP contribution is 2.25. The molecule has 1 unspecified atom stereocenters. The van der Waals surface area contributed by atoms with Gasteiger partial charge in [-0.2, -0.15) is 0 Å². The normalized spacial score (nSPS) is 12.0. The highest BCUT2D eigenvalue weighted by Gasteiger charge is 2.21. The Morgan fingerprint density at radius 1 is 1.24 bits per heavy atom. The molecule has 0 heterocycles. The molecule has 0 aliphatic carbocycles. The Kier molecular flexibility index (Phi) is 4.58. The summed E-state index contributed by atoms with van der Waals surface area (Å²) in [6, 6.07) is 10.9. The second kappa shape index (κ2) is 6.39. The number of benzene rings is 2. The van der Waals surface area contributed by atoms with Gasteiger partial charge in [-0.15, -0.1) is 0 Å². The van der Waals surface area contributed by atoms with Crippen LogP contribution in [0.1, 0.15) is 29.3 Å². The number of carbonyl (C=O) groups is 1. The van der Waals surface area contributed by atoms with Crippen LogP contribution < -0.4 is 10.5 Å². The number of hydrogen-bond acceptors (Lipinski definition) is 3. The van der Waals surface area contributed by atoms with E-state index in [1.807, 2.05) is 19.9 Å². The summed E-state index contributed by atoms with van der Waals surface area (Å²) in [6.45, 7) is 3.79. The van der Waals surface area contributed by atoms with Crippen LogP contribution in [0.25, 0.3) is 0 Å². The van der Waals surface area contributed by atoms with E-state index in [9.17, 15) is 9.18 Å². The quantitative estimate of drug-likeness (QED) is 0.673. The maximum Gasteiger partial charge on any atom is 0.203 e. The van der Waals surface area contributed by atoms with Gasteiger partial charge in [0.15, 0.2) is 6.10 Å². The van der Waals surface area contributed by atoms with E-state index in [1.165, 1.54) is 24.3 Å². The third kappa shape index (κ3) is 3.60. The molecular weight excluding hydrogens is 269 g/mol. The minimum absolute atomic E-state index is 0.183. The van der Waals surface area contributed by atoms with Crippen LogP contribution in [0.5, 0.6) is 5.75 Å². The Balaban J connectivity index is 2.19. The Morgan fingerprint density at radius 3 is 2.48 bits per heavy atom. The van der Waals surface area contributed by atoms with Crippen LogP contribution >= 0.6 is 0 Å². The predicted octanol–water partition coefficient (Wildman–Crippen LogP) is 3.76. The molecule has 0 amide bonds. The molecule has 0 saturated heterocycles. The summed E-state index contributed by atoms with van der Waals surface area (Å²) >= 11 is 0. The van der Waals surface area contributed by atoms with E-state index in [0.717, 1.165) is 5.56 Å². The Bertz CT molecular complexity index is 638. The van der Waals surface area contributed by atoms with Crippen molar-refractivity contribution in [3.05, 3.63) is 59.4 Å². The number of anilines is 1. The first-order valence-corrected chi connectivity index (χ1v) is 6.84. The average molecular weight is 287 g/mol. The molecule has 2 aromatic rings. The molecule has 4 heteroatoms. The van der Waals surface area contributed by atoms with Crippen molar-refractivity contribution in [1.29, 1.82) is 0 Å². The standard InChI is InChI=1S/C17H18FNO2/c1-3-15(17(20)12-5-7-13(18)8-6-12)21-16-9-4-11(2)10-14(16)19/h4-10,15H,3,19H2,1-2H3. The molecule has 2 rings (SSSR count). The van der Waals surface area contributed by atoms with Gasteiger partial charge >= 0.3 is 0 Å². The van der Waals surface area contributed by atoms with Crippen molar-refractivity contribution >= 4 is 11.5 Å². The first-order chi connectivity index (χ1) is 10.0. The van der Waals surface area contributed by atoms with Crippen molar-refractivity contribution in [1.82, 2.24) is 0 Å². The first-order valence-electron chi connectivity index (χ1n) is 6.84. The Hall–Kier alpha value is -2.36. The van der Waals surface area contributed by atoms with Gasteiger partial charge in [-0.05, 0) is 55.3 Å². The monoisotopic (exact) mass is 287 g/mol. The third-order valence-corrected chi connectivity index (χ3v) is 3.23. The summed E-state index contributed by atoms with van der Waals surface area (Å²) in [5.41, 5.74) is 7.85. The van der Waals surface area contributed by atoms with Crippen LogP contribution in [0.15, 0.2) is 42.5 Å². The zero-order valence-corrected chi connectivity index (χ0v) is 12.1. The highest BCUT2D eigenvalue weighted by molar-refractivity contribution is 5.99. The van der Waals surface area contributed by atoms with Crippen molar-refractivity contribution in [2.75, 3.05) is 5.73 Å². The van der Waals surface area contributed by atoms with E-state index < -0.39 is 6.10 Å². The fourth-order valence-corrected chi connectivity index (χ4v) is 2.05. The van der Waals surface area contributed by atoms with E-state index in [-0.39, 0.29) is 11.6 Å². The fourth-order valence-electron chi connectivity index (χ4n) is 2.05. The van der Waals surface area contributed by atoms with Crippen LogP contribution in [0.4, 0.5) is 10.1 Å². The molecule has 0 aliphatic heterocycles. The molecule has 0 saturated carbocycles. The van der Waals surface area contributed by atoms with Crippen LogP contribution in [0.2, 0.25) is 0 Å². The molecule has 3 nitrogen and oxygen atoms in total. The molecule has 0 aliphatic rings. The Morgan fingerprint density at radius 2 is 1.90 bits per heavy atom. The summed E-state index contributed by atoms with van der Waals surface area (Å²) in [6.07, 6.45) is -0.135. The number of halogens is 1. The lowest BCUT2D eigenvalue weighted by Crippen LogP contribution is -2.27. The number of ether oxygens (including phenoxy) is 1. The molecule has 0 fully saturated rings. The lowest BCUT2D eigenvalue weighted by Gasteiger charge is -2.18.